The molecule has 16 heavy (non-hydrogen) atoms. The van der Waals surface area contributed by atoms with E-state index in [9.17, 15) is 9.18 Å². The van der Waals surface area contributed by atoms with E-state index in [4.69, 9.17) is 11.6 Å². The number of aromatic nitrogens is 2. The highest BCUT2D eigenvalue weighted by atomic mass is 79.9. The van der Waals surface area contributed by atoms with Crippen molar-refractivity contribution < 1.29 is 4.39 Å². The number of aryl methyl sites for hydroxylation is 1. The van der Waals surface area contributed by atoms with Crippen LogP contribution in [0.25, 0.3) is 5.69 Å². The van der Waals surface area contributed by atoms with Crippen molar-refractivity contribution in [3.05, 3.63) is 49.6 Å². The zero-order valence-electron chi connectivity index (χ0n) is 8.22. The molecule has 0 aliphatic heterocycles. The van der Waals surface area contributed by atoms with Crippen LogP contribution in [0.1, 0.15) is 5.69 Å². The van der Waals surface area contributed by atoms with Crippen molar-refractivity contribution in [2.75, 3.05) is 0 Å². The van der Waals surface area contributed by atoms with Gasteiger partial charge in [-0.15, -0.1) is 0 Å². The van der Waals surface area contributed by atoms with Crippen molar-refractivity contribution in [2.45, 2.75) is 6.92 Å². The fourth-order valence-electron chi connectivity index (χ4n) is 1.33. The Morgan fingerprint density at radius 3 is 2.69 bits per heavy atom. The van der Waals surface area contributed by atoms with Crippen LogP contribution in [0.5, 0.6) is 0 Å². The quantitative estimate of drug-likeness (QED) is 0.864. The monoisotopic (exact) mass is 304 g/mol. The lowest BCUT2D eigenvalue weighted by Crippen LogP contribution is -2.14. The van der Waals surface area contributed by atoms with Gasteiger partial charge in [-0.2, -0.15) is 0 Å². The number of nitrogens with zero attached hydrogens (tertiary/aromatic N) is 1. The molecule has 2 aromatic rings. The Morgan fingerprint density at radius 1 is 1.50 bits per heavy atom. The minimum absolute atomic E-state index is 0.0270. The van der Waals surface area contributed by atoms with Crippen LogP contribution in [0, 0.1) is 12.7 Å². The summed E-state index contributed by atoms with van der Waals surface area (Å²) in [5.41, 5.74) is 0.820. The molecule has 3 nitrogen and oxygen atoms in total. The maximum atomic E-state index is 13.2. The molecule has 6 heteroatoms. The number of aromatic amines is 1. The molecule has 0 unspecified atom stereocenters. The summed E-state index contributed by atoms with van der Waals surface area (Å²) in [5, 5.41) is 2.85. The Kier molecular flexibility index (Phi) is 2.90. The van der Waals surface area contributed by atoms with Crippen LogP contribution in [-0.4, -0.2) is 9.78 Å². The third-order valence-corrected chi connectivity index (χ3v) is 3.40. The lowest BCUT2D eigenvalue weighted by Gasteiger charge is -2.02. The molecular formula is C10H7BrClFN2O. The minimum Gasteiger partial charge on any atom is -0.294 e. The van der Waals surface area contributed by atoms with Gasteiger partial charge in [-0.05, 0) is 35.0 Å². The average Bonchev–Trinajstić information content (AvgIpc) is 2.50. The fraction of sp³-hybridized carbons (Fsp3) is 0.100. The van der Waals surface area contributed by atoms with E-state index in [-0.39, 0.29) is 10.6 Å². The second kappa shape index (κ2) is 4.07. The van der Waals surface area contributed by atoms with E-state index in [1.807, 2.05) is 0 Å². The van der Waals surface area contributed by atoms with E-state index in [1.54, 1.807) is 13.0 Å². The van der Waals surface area contributed by atoms with Crippen molar-refractivity contribution in [1.29, 1.82) is 0 Å². The molecule has 1 N–H and O–H groups in total. The summed E-state index contributed by atoms with van der Waals surface area (Å²) < 4.78 is 14.9. The largest absolute Gasteiger partial charge is 0.294 e. The lowest BCUT2D eigenvalue weighted by molar-refractivity contribution is 0.625. The van der Waals surface area contributed by atoms with Gasteiger partial charge in [0.05, 0.1) is 10.7 Å². The Bertz CT molecular complexity index is 605. The number of H-pyrrole nitrogens is 1. The van der Waals surface area contributed by atoms with Gasteiger partial charge in [-0.1, -0.05) is 11.6 Å². The Balaban J connectivity index is 2.63. The molecule has 0 saturated carbocycles. The molecule has 0 aliphatic rings. The standard InChI is InChI=1S/C10H7BrClFN2O/c1-5-9(11)10(16)15(14-5)6-2-3-7(12)8(13)4-6/h2-4,14H,1H3. The second-order valence-corrected chi connectivity index (χ2v) is 4.49. The third kappa shape index (κ3) is 1.81. The van der Waals surface area contributed by atoms with Gasteiger partial charge in [0, 0.05) is 11.8 Å². The van der Waals surface area contributed by atoms with Crippen LogP contribution in [0.2, 0.25) is 5.02 Å². The maximum Gasteiger partial charge on any atom is 0.285 e. The van der Waals surface area contributed by atoms with Gasteiger partial charge in [-0.25, -0.2) is 9.07 Å². The minimum atomic E-state index is -0.561. The molecule has 0 saturated heterocycles. The van der Waals surface area contributed by atoms with Crippen LogP contribution in [0.15, 0.2) is 27.5 Å². The number of rotatable bonds is 1. The molecule has 84 valence electrons. The van der Waals surface area contributed by atoms with Gasteiger partial charge in [0.2, 0.25) is 0 Å². The highest BCUT2D eigenvalue weighted by Gasteiger charge is 2.10. The van der Waals surface area contributed by atoms with E-state index in [0.717, 1.165) is 0 Å². The number of hydrogen-bond donors (Lipinski definition) is 1. The van der Waals surface area contributed by atoms with Crippen LogP contribution >= 0.6 is 27.5 Å². The lowest BCUT2D eigenvalue weighted by atomic mass is 10.3. The van der Waals surface area contributed by atoms with Crippen LogP contribution in [-0.2, 0) is 0 Å². The summed E-state index contributed by atoms with van der Waals surface area (Å²) in [6, 6.07) is 4.17. The first kappa shape index (κ1) is 11.4. The van der Waals surface area contributed by atoms with Crippen LogP contribution in [0.3, 0.4) is 0 Å². The van der Waals surface area contributed by atoms with Gasteiger partial charge in [0.15, 0.2) is 0 Å². The first-order valence-corrected chi connectivity index (χ1v) is 5.60. The summed E-state index contributed by atoms with van der Waals surface area (Å²) >= 11 is 8.71. The maximum absolute atomic E-state index is 13.2. The van der Waals surface area contributed by atoms with E-state index in [2.05, 4.69) is 21.0 Å². The van der Waals surface area contributed by atoms with E-state index < -0.39 is 5.82 Å². The zero-order valence-corrected chi connectivity index (χ0v) is 10.6. The Hall–Kier alpha value is -1.07. The van der Waals surface area contributed by atoms with Gasteiger partial charge >= 0.3 is 0 Å². The first-order chi connectivity index (χ1) is 7.50. The molecular weight excluding hydrogens is 298 g/mol. The molecule has 0 aliphatic carbocycles. The summed E-state index contributed by atoms with van der Waals surface area (Å²) in [7, 11) is 0. The number of benzene rings is 1. The Morgan fingerprint density at radius 2 is 2.19 bits per heavy atom. The van der Waals surface area contributed by atoms with Crippen molar-refractivity contribution in [3.63, 3.8) is 0 Å². The van der Waals surface area contributed by atoms with E-state index >= 15 is 0 Å². The number of nitrogens with one attached hydrogen (secondary N) is 1. The van der Waals surface area contributed by atoms with Gasteiger partial charge in [0.1, 0.15) is 10.3 Å². The smallest absolute Gasteiger partial charge is 0.285 e. The molecule has 0 spiro atoms. The van der Waals surface area contributed by atoms with E-state index in [1.165, 1.54) is 16.8 Å². The highest BCUT2D eigenvalue weighted by Crippen LogP contribution is 2.18. The summed E-state index contributed by atoms with van der Waals surface area (Å²) in [6.45, 7) is 1.74. The molecule has 0 atom stereocenters. The predicted molar refractivity (Wildman–Crippen MR) is 63.8 cm³/mol. The van der Waals surface area contributed by atoms with Crippen molar-refractivity contribution in [1.82, 2.24) is 9.78 Å². The van der Waals surface area contributed by atoms with Crippen molar-refractivity contribution in [2.24, 2.45) is 0 Å². The summed E-state index contributed by atoms with van der Waals surface area (Å²) in [6.07, 6.45) is 0. The third-order valence-electron chi connectivity index (χ3n) is 2.16. The Labute approximate surface area is 104 Å². The van der Waals surface area contributed by atoms with Gasteiger partial charge in [0.25, 0.3) is 5.56 Å². The molecule has 0 bridgehead atoms. The molecule has 0 radical (unpaired) electrons. The zero-order chi connectivity index (χ0) is 11.9. The first-order valence-electron chi connectivity index (χ1n) is 4.43. The van der Waals surface area contributed by atoms with Crippen LogP contribution in [0.4, 0.5) is 4.39 Å². The normalized spacial score (nSPS) is 10.8. The predicted octanol–water partition coefficient (Wildman–Crippen LogP) is 3.03. The number of hydrogen-bond acceptors (Lipinski definition) is 1. The molecule has 1 aromatic heterocycles. The van der Waals surface area contributed by atoms with Crippen molar-refractivity contribution in [3.8, 4) is 5.69 Å². The summed E-state index contributed by atoms with van der Waals surface area (Å²) in [4.78, 5) is 11.7. The SMILES string of the molecule is Cc1[nH]n(-c2ccc(Cl)c(F)c2)c(=O)c1Br. The van der Waals surface area contributed by atoms with Crippen LogP contribution < -0.4 is 5.56 Å². The topological polar surface area (TPSA) is 37.8 Å². The molecule has 1 aromatic carbocycles. The molecule has 1 heterocycles. The van der Waals surface area contributed by atoms with Gasteiger partial charge < -0.3 is 0 Å². The molecule has 0 fully saturated rings. The molecule has 0 amide bonds. The highest BCUT2D eigenvalue weighted by molar-refractivity contribution is 9.10. The molecule has 2 rings (SSSR count). The number of halogens is 3. The van der Waals surface area contributed by atoms with Gasteiger partial charge in [-0.3, -0.25) is 9.89 Å². The van der Waals surface area contributed by atoms with Crippen molar-refractivity contribution >= 4 is 27.5 Å². The average molecular weight is 306 g/mol. The second-order valence-electron chi connectivity index (χ2n) is 3.29. The summed E-state index contributed by atoms with van der Waals surface area (Å²) in [5.74, 6) is -0.561. The van der Waals surface area contributed by atoms with E-state index in [0.29, 0.717) is 15.9 Å². The fourth-order valence-corrected chi connectivity index (χ4v) is 1.72.